The summed E-state index contributed by atoms with van der Waals surface area (Å²) in [5.41, 5.74) is 0. The Kier molecular flexibility index (Phi) is 0.955. The molecule has 0 aromatic carbocycles. The molecule has 1 heterocycles. The van der Waals surface area contributed by atoms with E-state index < -0.39 is 4.92 Å². The molecule has 0 unspecified atom stereocenters. The Hall–Kier alpha value is -1.32. The van der Waals surface area contributed by atoms with E-state index in [1.54, 1.807) is 0 Å². The van der Waals surface area contributed by atoms with Crippen LogP contribution in [0.1, 0.15) is 1.37 Å². The van der Waals surface area contributed by atoms with Crippen LogP contribution in [0.25, 0.3) is 0 Å². The second-order valence-electron chi connectivity index (χ2n) is 1.67. The first-order chi connectivity index (χ1) is 4.61. The minimum Gasteiger partial charge on any atom is -0.358 e. The fourth-order valence-electron chi connectivity index (χ4n) is 0.573. The van der Waals surface area contributed by atoms with E-state index in [4.69, 9.17) is 1.37 Å². The van der Waals surface area contributed by atoms with E-state index >= 15 is 0 Å². The van der Waals surface area contributed by atoms with Gasteiger partial charge >= 0.3 is 5.82 Å². The van der Waals surface area contributed by atoms with E-state index in [1.807, 2.05) is 0 Å². The third-order valence-corrected chi connectivity index (χ3v) is 1.03. The first-order valence-corrected chi connectivity index (χ1v) is 2.38. The summed E-state index contributed by atoms with van der Waals surface area (Å²) in [6.07, 6.45) is 1.39. The van der Waals surface area contributed by atoms with Gasteiger partial charge < -0.3 is 10.1 Å². The highest BCUT2D eigenvalue weighted by Crippen LogP contribution is 2.07. The maximum Gasteiger partial charge on any atom is 0.322 e. The zero-order valence-corrected chi connectivity index (χ0v) is 4.87. The Balaban J connectivity index is 3.15. The summed E-state index contributed by atoms with van der Waals surface area (Å²) in [7, 11) is 1.54. The number of nitro groups is 1. The van der Waals surface area contributed by atoms with Gasteiger partial charge in [0.15, 0.2) is 0 Å². The molecule has 0 saturated carbocycles. The van der Waals surface area contributed by atoms with Crippen molar-refractivity contribution in [3.63, 3.8) is 0 Å². The molecule has 9 heavy (non-hydrogen) atoms. The van der Waals surface area contributed by atoms with Gasteiger partial charge in [-0.25, -0.2) is 4.57 Å². The van der Waals surface area contributed by atoms with E-state index in [-0.39, 0.29) is 11.9 Å². The van der Waals surface area contributed by atoms with Crippen LogP contribution in [-0.2, 0) is 7.05 Å². The molecule has 48 valence electrons. The van der Waals surface area contributed by atoms with Gasteiger partial charge in [0, 0.05) is 6.07 Å². The van der Waals surface area contributed by atoms with Gasteiger partial charge in [-0.2, -0.15) is 0 Å². The number of aryl methyl sites for hydroxylation is 1. The minimum atomic E-state index is -0.516. The highest BCUT2D eigenvalue weighted by atomic mass is 16.6. The van der Waals surface area contributed by atoms with Crippen LogP contribution in [-0.4, -0.2) is 9.49 Å². The van der Waals surface area contributed by atoms with Crippen LogP contribution in [0.3, 0.4) is 0 Å². The third-order valence-electron chi connectivity index (χ3n) is 1.03. The van der Waals surface area contributed by atoms with Crippen LogP contribution in [0.15, 0.2) is 18.3 Å². The number of rotatable bonds is 1. The highest BCUT2D eigenvalue weighted by molar-refractivity contribution is 5.20. The zero-order chi connectivity index (χ0) is 7.72. The Morgan fingerprint density at radius 3 is 2.89 bits per heavy atom. The van der Waals surface area contributed by atoms with Gasteiger partial charge in [0.25, 0.3) is 0 Å². The summed E-state index contributed by atoms with van der Waals surface area (Å²) < 4.78 is 8.33. The molecule has 4 heteroatoms. The van der Waals surface area contributed by atoms with Crippen LogP contribution in [0.4, 0.5) is 5.82 Å². The van der Waals surface area contributed by atoms with E-state index in [0.29, 0.717) is 0 Å². The molecule has 0 amide bonds. The van der Waals surface area contributed by atoms with Crippen molar-refractivity contribution in [1.82, 2.24) is 4.57 Å². The summed E-state index contributed by atoms with van der Waals surface area (Å²) >= 11 is 0. The lowest BCUT2D eigenvalue weighted by molar-refractivity contribution is -0.391. The van der Waals surface area contributed by atoms with Crippen LogP contribution in [0.5, 0.6) is 0 Å². The average molecular weight is 127 g/mol. The molecule has 0 bridgehead atoms. The van der Waals surface area contributed by atoms with Gasteiger partial charge in [0.2, 0.25) is 0 Å². The third kappa shape index (κ3) is 0.910. The van der Waals surface area contributed by atoms with Gasteiger partial charge in [-0.15, -0.1) is 0 Å². The van der Waals surface area contributed by atoms with Gasteiger partial charge in [-0.3, -0.25) is 0 Å². The molecular formula is C5H6N2O2. The predicted molar refractivity (Wildman–Crippen MR) is 32.1 cm³/mol. The van der Waals surface area contributed by atoms with Gasteiger partial charge in [0.05, 0.1) is 14.6 Å². The molecule has 1 aromatic rings. The van der Waals surface area contributed by atoms with Crippen molar-refractivity contribution in [2.45, 2.75) is 0 Å². The Morgan fingerprint density at radius 2 is 2.67 bits per heavy atom. The Labute approximate surface area is 53.3 Å². The SMILES string of the molecule is [2H]c1cc([N+](=O)[O-])n(C)c1. The van der Waals surface area contributed by atoms with Crippen molar-refractivity contribution in [2.24, 2.45) is 7.05 Å². The van der Waals surface area contributed by atoms with Crippen molar-refractivity contribution >= 4 is 5.82 Å². The van der Waals surface area contributed by atoms with Gasteiger partial charge in [0.1, 0.15) is 0 Å². The second-order valence-corrected chi connectivity index (χ2v) is 1.67. The lowest BCUT2D eigenvalue weighted by Gasteiger charge is -1.91. The van der Waals surface area contributed by atoms with Crippen molar-refractivity contribution in [3.8, 4) is 0 Å². The number of hydrogen-bond donors (Lipinski definition) is 0. The van der Waals surface area contributed by atoms with Crippen molar-refractivity contribution < 1.29 is 6.29 Å². The summed E-state index contributed by atoms with van der Waals surface area (Å²) in [5.74, 6) is -0.0509. The van der Waals surface area contributed by atoms with Crippen LogP contribution < -0.4 is 0 Å². The standard InChI is InChI=1S/C5H6N2O2/c1-6-4-2-3-5(6)7(8)9/h2-4H,1H3/i2D. The Bertz CT molecular complexity index is 269. The molecule has 0 spiro atoms. The molecule has 1 aromatic heterocycles. The van der Waals surface area contributed by atoms with E-state index in [9.17, 15) is 10.1 Å². The zero-order valence-electron chi connectivity index (χ0n) is 5.87. The molecule has 0 aliphatic heterocycles. The Morgan fingerprint density at radius 1 is 2.00 bits per heavy atom. The normalized spacial score (nSPS) is 11.0. The molecule has 0 aliphatic carbocycles. The molecule has 0 N–H and O–H groups in total. The maximum absolute atomic E-state index is 10.1. The van der Waals surface area contributed by atoms with Crippen LogP contribution >= 0.6 is 0 Å². The summed E-state index contributed by atoms with van der Waals surface area (Å²) in [5, 5.41) is 10.1. The number of hydrogen-bond acceptors (Lipinski definition) is 2. The topological polar surface area (TPSA) is 48.1 Å². The predicted octanol–water partition coefficient (Wildman–Crippen LogP) is 0.933. The molecule has 0 fully saturated rings. The van der Waals surface area contributed by atoms with E-state index in [0.717, 1.165) is 0 Å². The first-order valence-electron chi connectivity index (χ1n) is 2.88. The van der Waals surface area contributed by atoms with E-state index in [1.165, 1.54) is 23.9 Å². The second kappa shape index (κ2) is 1.89. The minimum absolute atomic E-state index is 0.0509. The van der Waals surface area contributed by atoms with Crippen molar-refractivity contribution in [2.75, 3.05) is 0 Å². The number of nitrogens with zero attached hydrogens (tertiary/aromatic N) is 2. The lowest BCUT2D eigenvalue weighted by Crippen LogP contribution is -1.94. The first kappa shape index (κ1) is 4.55. The summed E-state index contributed by atoms with van der Waals surface area (Å²) in [4.78, 5) is 9.62. The maximum atomic E-state index is 10.1. The fourth-order valence-corrected chi connectivity index (χ4v) is 0.573. The highest BCUT2D eigenvalue weighted by Gasteiger charge is 2.04. The van der Waals surface area contributed by atoms with Crippen molar-refractivity contribution in [3.05, 3.63) is 28.4 Å². The van der Waals surface area contributed by atoms with Crippen molar-refractivity contribution in [1.29, 1.82) is 0 Å². The molecular weight excluding hydrogens is 120 g/mol. The van der Waals surface area contributed by atoms with Gasteiger partial charge in [-0.1, -0.05) is 0 Å². The quantitative estimate of drug-likeness (QED) is 0.416. The lowest BCUT2D eigenvalue weighted by atomic mass is 10.6. The molecule has 1 rings (SSSR count). The molecule has 0 aliphatic rings. The monoisotopic (exact) mass is 127 g/mol. The largest absolute Gasteiger partial charge is 0.358 e. The average Bonchev–Trinajstić information content (AvgIpc) is 2.10. The van der Waals surface area contributed by atoms with Crippen LogP contribution in [0.2, 0.25) is 0 Å². The number of aromatic nitrogens is 1. The smallest absolute Gasteiger partial charge is 0.322 e. The van der Waals surface area contributed by atoms with E-state index in [2.05, 4.69) is 0 Å². The molecule has 0 saturated heterocycles. The van der Waals surface area contributed by atoms with Crippen LogP contribution in [0, 0.1) is 10.1 Å². The molecule has 4 nitrogen and oxygen atoms in total. The molecule has 0 atom stereocenters. The van der Waals surface area contributed by atoms with Gasteiger partial charge in [-0.05, 0) is 11.0 Å². The summed E-state index contributed by atoms with van der Waals surface area (Å²) in [6.45, 7) is 0. The molecule has 0 radical (unpaired) electrons. The fraction of sp³-hybridized carbons (Fsp3) is 0.200. The summed E-state index contributed by atoms with van der Waals surface area (Å²) in [6, 6.07) is 1.37.